The molecule has 1 aromatic carbocycles. The maximum Gasteiger partial charge on any atom is 0.315 e. The number of thiophene rings is 1. The number of carbonyl (C=O) groups is 2. The summed E-state index contributed by atoms with van der Waals surface area (Å²) in [4.78, 5) is 26.9. The van der Waals surface area contributed by atoms with Crippen LogP contribution in [-0.2, 0) is 17.8 Å². The van der Waals surface area contributed by atoms with Crippen molar-refractivity contribution in [3.05, 3.63) is 58.3 Å². The van der Waals surface area contributed by atoms with Gasteiger partial charge in [-0.15, -0.1) is 11.3 Å². The molecule has 2 aromatic rings. The standard InChI is InChI=1S/C18H23N3O2S/c1-2-21(14-15-7-4-3-5-8-15)17(22)13-20-18(23)19-11-10-16-9-6-12-24-16/h3-9,12H,2,10-11,13-14H2,1H3,(H2,19,20,23). The van der Waals surface area contributed by atoms with E-state index in [0.29, 0.717) is 19.6 Å². The number of amides is 3. The monoisotopic (exact) mass is 345 g/mol. The second-order valence-corrected chi connectivity index (χ2v) is 6.36. The van der Waals surface area contributed by atoms with Crippen molar-refractivity contribution in [3.63, 3.8) is 0 Å². The van der Waals surface area contributed by atoms with Gasteiger partial charge in [0.2, 0.25) is 5.91 Å². The number of urea groups is 1. The molecule has 0 aliphatic carbocycles. The Morgan fingerprint density at radius 3 is 2.54 bits per heavy atom. The number of benzene rings is 1. The smallest absolute Gasteiger partial charge is 0.315 e. The van der Waals surface area contributed by atoms with Crippen LogP contribution in [0.4, 0.5) is 4.79 Å². The fourth-order valence-electron chi connectivity index (χ4n) is 2.26. The average molecular weight is 345 g/mol. The zero-order valence-electron chi connectivity index (χ0n) is 13.8. The van der Waals surface area contributed by atoms with Crippen LogP contribution in [0.1, 0.15) is 17.4 Å². The van der Waals surface area contributed by atoms with Crippen molar-refractivity contribution in [1.29, 1.82) is 0 Å². The van der Waals surface area contributed by atoms with Gasteiger partial charge in [-0.3, -0.25) is 4.79 Å². The Hall–Kier alpha value is -2.34. The van der Waals surface area contributed by atoms with Crippen LogP contribution in [-0.4, -0.2) is 36.5 Å². The number of hydrogen-bond donors (Lipinski definition) is 2. The molecule has 0 aliphatic rings. The van der Waals surface area contributed by atoms with Crippen LogP contribution in [0.3, 0.4) is 0 Å². The van der Waals surface area contributed by atoms with Crippen LogP contribution in [0.25, 0.3) is 0 Å². The second-order valence-electron chi connectivity index (χ2n) is 5.33. The SMILES string of the molecule is CCN(Cc1ccccc1)C(=O)CNC(=O)NCCc1cccs1. The first kappa shape index (κ1) is 18.0. The maximum absolute atomic E-state index is 12.2. The molecule has 0 aliphatic heterocycles. The van der Waals surface area contributed by atoms with Gasteiger partial charge in [-0.1, -0.05) is 36.4 Å². The van der Waals surface area contributed by atoms with Gasteiger partial charge in [0.25, 0.3) is 0 Å². The minimum absolute atomic E-state index is 0.00547. The lowest BCUT2D eigenvalue weighted by molar-refractivity contribution is -0.130. The minimum atomic E-state index is -0.310. The Labute approximate surface area is 146 Å². The van der Waals surface area contributed by atoms with Gasteiger partial charge in [-0.2, -0.15) is 0 Å². The molecule has 3 amide bonds. The lowest BCUT2D eigenvalue weighted by Gasteiger charge is -2.21. The predicted octanol–water partition coefficient (Wildman–Crippen LogP) is 2.64. The molecule has 1 heterocycles. The Kier molecular flexibility index (Phi) is 7.29. The highest BCUT2D eigenvalue weighted by Crippen LogP contribution is 2.08. The molecule has 24 heavy (non-hydrogen) atoms. The molecule has 0 saturated heterocycles. The van der Waals surface area contributed by atoms with E-state index in [2.05, 4.69) is 10.6 Å². The highest BCUT2D eigenvalue weighted by molar-refractivity contribution is 7.09. The van der Waals surface area contributed by atoms with E-state index in [4.69, 9.17) is 0 Å². The van der Waals surface area contributed by atoms with E-state index >= 15 is 0 Å². The molecule has 2 rings (SSSR count). The molecule has 0 saturated carbocycles. The molecule has 5 nitrogen and oxygen atoms in total. The maximum atomic E-state index is 12.2. The van der Waals surface area contributed by atoms with Gasteiger partial charge in [0, 0.05) is 24.5 Å². The van der Waals surface area contributed by atoms with Crippen molar-refractivity contribution in [2.75, 3.05) is 19.6 Å². The van der Waals surface area contributed by atoms with Crippen LogP contribution < -0.4 is 10.6 Å². The zero-order chi connectivity index (χ0) is 17.2. The number of nitrogens with zero attached hydrogens (tertiary/aromatic N) is 1. The van der Waals surface area contributed by atoms with Gasteiger partial charge in [0.15, 0.2) is 0 Å². The van der Waals surface area contributed by atoms with Gasteiger partial charge < -0.3 is 15.5 Å². The molecule has 6 heteroatoms. The van der Waals surface area contributed by atoms with Gasteiger partial charge in [-0.05, 0) is 30.4 Å². The number of hydrogen-bond acceptors (Lipinski definition) is 3. The van der Waals surface area contributed by atoms with Crippen molar-refractivity contribution in [2.45, 2.75) is 19.9 Å². The lowest BCUT2D eigenvalue weighted by Crippen LogP contribution is -2.43. The minimum Gasteiger partial charge on any atom is -0.338 e. The Morgan fingerprint density at radius 2 is 1.88 bits per heavy atom. The fraction of sp³-hybridized carbons (Fsp3) is 0.333. The average Bonchev–Trinajstić information content (AvgIpc) is 3.12. The van der Waals surface area contributed by atoms with Gasteiger partial charge in [0.1, 0.15) is 0 Å². The predicted molar refractivity (Wildman–Crippen MR) is 97.0 cm³/mol. The lowest BCUT2D eigenvalue weighted by atomic mass is 10.2. The topological polar surface area (TPSA) is 61.4 Å². The van der Waals surface area contributed by atoms with Crippen LogP contribution in [0, 0.1) is 0 Å². The summed E-state index contributed by atoms with van der Waals surface area (Å²) < 4.78 is 0. The summed E-state index contributed by atoms with van der Waals surface area (Å²) in [5, 5.41) is 7.41. The number of nitrogens with one attached hydrogen (secondary N) is 2. The second kappa shape index (κ2) is 9.72. The fourth-order valence-corrected chi connectivity index (χ4v) is 2.97. The summed E-state index contributed by atoms with van der Waals surface area (Å²) in [6.45, 7) is 3.66. The van der Waals surface area contributed by atoms with Crippen LogP contribution in [0.2, 0.25) is 0 Å². The highest BCUT2D eigenvalue weighted by Gasteiger charge is 2.13. The third-order valence-corrected chi connectivity index (χ3v) is 4.52. The number of carbonyl (C=O) groups excluding carboxylic acids is 2. The zero-order valence-corrected chi connectivity index (χ0v) is 14.6. The summed E-state index contributed by atoms with van der Waals surface area (Å²) in [7, 11) is 0. The first-order chi connectivity index (χ1) is 11.7. The van der Waals surface area contributed by atoms with Crippen molar-refractivity contribution in [1.82, 2.24) is 15.5 Å². The molecule has 128 valence electrons. The van der Waals surface area contributed by atoms with Crippen molar-refractivity contribution in [3.8, 4) is 0 Å². The van der Waals surface area contributed by atoms with Crippen LogP contribution in [0.15, 0.2) is 47.8 Å². The summed E-state index contributed by atoms with van der Waals surface area (Å²) in [6, 6.07) is 13.5. The molecule has 0 bridgehead atoms. The molecule has 0 atom stereocenters. The van der Waals surface area contributed by atoms with E-state index in [1.165, 1.54) is 4.88 Å². The van der Waals surface area contributed by atoms with Crippen LogP contribution in [0.5, 0.6) is 0 Å². The quantitative estimate of drug-likeness (QED) is 0.773. The summed E-state index contributed by atoms with van der Waals surface area (Å²) in [6.07, 6.45) is 0.800. The summed E-state index contributed by atoms with van der Waals surface area (Å²) in [5.74, 6) is -0.0882. The Morgan fingerprint density at radius 1 is 1.08 bits per heavy atom. The van der Waals surface area contributed by atoms with Gasteiger partial charge in [0.05, 0.1) is 6.54 Å². The molecule has 0 radical (unpaired) electrons. The molecule has 1 aromatic heterocycles. The third-order valence-electron chi connectivity index (χ3n) is 3.59. The molecular formula is C18H23N3O2S. The van der Waals surface area contributed by atoms with E-state index in [0.717, 1.165) is 12.0 Å². The van der Waals surface area contributed by atoms with Crippen molar-refractivity contribution < 1.29 is 9.59 Å². The largest absolute Gasteiger partial charge is 0.338 e. The normalized spacial score (nSPS) is 10.2. The van der Waals surface area contributed by atoms with Gasteiger partial charge in [-0.25, -0.2) is 4.79 Å². The first-order valence-electron chi connectivity index (χ1n) is 8.05. The highest BCUT2D eigenvalue weighted by atomic mass is 32.1. The van der Waals surface area contributed by atoms with E-state index in [-0.39, 0.29) is 18.5 Å². The molecule has 2 N–H and O–H groups in total. The molecular weight excluding hydrogens is 322 g/mol. The summed E-state index contributed by atoms with van der Waals surface area (Å²) >= 11 is 1.67. The Balaban J connectivity index is 1.69. The van der Waals surface area contributed by atoms with E-state index in [1.54, 1.807) is 16.2 Å². The third kappa shape index (κ3) is 6.04. The van der Waals surface area contributed by atoms with E-state index in [9.17, 15) is 9.59 Å². The van der Waals surface area contributed by atoms with Gasteiger partial charge >= 0.3 is 6.03 Å². The summed E-state index contributed by atoms with van der Waals surface area (Å²) in [5.41, 5.74) is 1.08. The van der Waals surface area contributed by atoms with E-state index in [1.807, 2.05) is 54.8 Å². The van der Waals surface area contributed by atoms with Crippen molar-refractivity contribution >= 4 is 23.3 Å². The molecule has 0 unspecified atom stereocenters. The Bertz CT molecular complexity index is 629. The first-order valence-corrected chi connectivity index (χ1v) is 8.92. The molecule has 0 spiro atoms. The van der Waals surface area contributed by atoms with Crippen LogP contribution >= 0.6 is 11.3 Å². The van der Waals surface area contributed by atoms with E-state index < -0.39 is 0 Å². The molecule has 0 fully saturated rings. The number of rotatable bonds is 8. The van der Waals surface area contributed by atoms with Crippen molar-refractivity contribution in [2.24, 2.45) is 0 Å². The number of likely N-dealkylation sites (N-methyl/N-ethyl adjacent to an activating group) is 1.